The molecule has 1 aromatic carbocycles. The number of carbonyl (C=O) groups is 1. The summed E-state index contributed by atoms with van der Waals surface area (Å²) in [5, 5.41) is 3.48. The fourth-order valence-corrected chi connectivity index (χ4v) is 5.22. The molecular weight excluding hydrogens is 402 g/mol. The molecule has 1 aromatic heterocycles. The van der Waals surface area contributed by atoms with E-state index in [1.807, 2.05) is 18.2 Å². The number of allylic oxidation sites excluding steroid dienone is 2. The van der Waals surface area contributed by atoms with E-state index in [2.05, 4.69) is 27.3 Å². The normalized spacial score (nSPS) is 19.2. The van der Waals surface area contributed by atoms with Crippen molar-refractivity contribution in [2.24, 2.45) is 0 Å². The van der Waals surface area contributed by atoms with Crippen LogP contribution in [0.1, 0.15) is 35.6 Å². The van der Waals surface area contributed by atoms with Crippen LogP contribution < -0.4 is 14.8 Å². The second-order valence-electron chi connectivity index (χ2n) is 6.16. The van der Waals surface area contributed by atoms with Crippen molar-refractivity contribution >= 4 is 38.7 Å². The average Bonchev–Trinajstić information content (AvgIpc) is 3.05. The maximum absolute atomic E-state index is 12.7. The van der Waals surface area contributed by atoms with Crippen molar-refractivity contribution in [1.29, 1.82) is 0 Å². The summed E-state index contributed by atoms with van der Waals surface area (Å²) in [5.41, 5.74) is 3.99. The summed E-state index contributed by atoms with van der Waals surface area (Å²) in [5.74, 6) is 1.54. The Kier molecular flexibility index (Phi) is 4.33. The molecule has 25 heavy (non-hydrogen) atoms. The van der Waals surface area contributed by atoms with E-state index in [1.165, 1.54) is 0 Å². The first kappa shape index (κ1) is 16.7. The monoisotopic (exact) mass is 419 g/mol. The van der Waals surface area contributed by atoms with Gasteiger partial charge in [0.1, 0.15) is 0 Å². The van der Waals surface area contributed by atoms with E-state index in [0.29, 0.717) is 17.9 Å². The van der Waals surface area contributed by atoms with Gasteiger partial charge >= 0.3 is 0 Å². The van der Waals surface area contributed by atoms with Crippen LogP contribution in [0.15, 0.2) is 39.3 Å². The summed E-state index contributed by atoms with van der Waals surface area (Å²) in [4.78, 5) is 13.9. The van der Waals surface area contributed by atoms with Crippen molar-refractivity contribution in [3.8, 4) is 11.5 Å². The molecule has 0 saturated heterocycles. The molecule has 0 saturated carbocycles. The standard InChI is InChI=1S/C19H18BrNO3S/c1-23-14-8-10-12(9-15(14)24-2)21-11-4-3-5-13(22)19(11)18(10)16-6-7-17(20)25-16/h6-9,18,21H,3-5H2,1-2H3/t18-/m0/s1. The van der Waals surface area contributed by atoms with Gasteiger partial charge < -0.3 is 14.8 Å². The zero-order chi connectivity index (χ0) is 17.6. The van der Waals surface area contributed by atoms with Gasteiger partial charge in [0.25, 0.3) is 0 Å². The van der Waals surface area contributed by atoms with Crippen molar-refractivity contribution in [3.05, 3.63) is 49.8 Å². The molecule has 6 heteroatoms. The number of hydrogen-bond acceptors (Lipinski definition) is 5. The van der Waals surface area contributed by atoms with Gasteiger partial charge in [-0.15, -0.1) is 11.3 Å². The van der Waals surface area contributed by atoms with E-state index in [-0.39, 0.29) is 11.7 Å². The highest BCUT2D eigenvalue weighted by Gasteiger charge is 2.36. The first-order valence-corrected chi connectivity index (χ1v) is 9.77. The summed E-state index contributed by atoms with van der Waals surface area (Å²) < 4.78 is 12.0. The molecule has 1 aliphatic carbocycles. The van der Waals surface area contributed by atoms with Crippen LogP contribution in [0.4, 0.5) is 5.69 Å². The summed E-state index contributed by atoms with van der Waals surface area (Å²) in [6.45, 7) is 0. The summed E-state index contributed by atoms with van der Waals surface area (Å²) in [7, 11) is 3.27. The summed E-state index contributed by atoms with van der Waals surface area (Å²) >= 11 is 5.22. The highest BCUT2D eigenvalue weighted by molar-refractivity contribution is 9.11. The Labute approximate surface area is 159 Å². The second kappa shape index (κ2) is 6.50. The SMILES string of the molecule is COc1cc2c(cc1OC)[C@@H](c1ccc(Br)s1)C1=C(CCCC1=O)N2. The molecule has 0 bridgehead atoms. The smallest absolute Gasteiger partial charge is 0.162 e. The van der Waals surface area contributed by atoms with Crippen LogP contribution in [-0.2, 0) is 4.79 Å². The number of nitrogens with one attached hydrogen (secondary N) is 1. The third-order valence-corrected chi connectivity index (χ3v) is 6.46. The molecule has 1 atom stereocenters. The number of ether oxygens (including phenoxy) is 2. The number of anilines is 1. The van der Waals surface area contributed by atoms with E-state index in [0.717, 1.165) is 44.0 Å². The van der Waals surface area contributed by atoms with Crippen molar-refractivity contribution in [1.82, 2.24) is 0 Å². The molecule has 2 aliphatic rings. The quantitative estimate of drug-likeness (QED) is 0.751. The van der Waals surface area contributed by atoms with Crippen LogP contribution in [-0.4, -0.2) is 20.0 Å². The lowest BCUT2D eigenvalue weighted by atomic mass is 9.78. The molecule has 4 rings (SSSR count). The van der Waals surface area contributed by atoms with Gasteiger partial charge in [-0.2, -0.15) is 0 Å². The van der Waals surface area contributed by atoms with Gasteiger partial charge in [-0.05, 0) is 52.5 Å². The van der Waals surface area contributed by atoms with Crippen LogP contribution >= 0.6 is 27.3 Å². The number of thiophene rings is 1. The maximum atomic E-state index is 12.7. The van der Waals surface area contributed by atoms with Crippen LogP contribution in [0.25, 0.3) is 0 Å². The first-order valence-electron chi connectivity index (χ1n) is 8.16. The third-order valence-electron chi connectivity index (χ3n) is 4.78. The minimum atomic E-state index is -0.0600. The number of hydrogen-bond donors (Lipinski definition) is 1. The van der Waals surface area contributed by atoms with E-state index in [1.54, 1.807) is 25.6 Å². The molecular formula is C19H18BrNO3S. The van der Waals surface area contributed by atoms with Gasteiger partial charge in [0.05, 0.1) is 23.9 Å². The van der Waals surface area contributed by atoms with Gasteiger partial charge in [0.2, 0.25) is 0 Å². The van der Waals surface area contributed by atoms with E-state index in [9.17, 15) is 4.79 Å². The molecule has 1 N–H and O–H groups in total. The van der Waals surface area contributed by atoms with E-state index < -0.39 is 0 Å². The molecule has 130 valence electrons. The largest absolute Gasteiger partial charge is 0.493 e. The lowest BCUT2D eigenvalue weighted by Crippen LogP contribution is -2.26. The number of Topliss-reactive ketones (excluding diaryl/α,β-unsaturated/α-hetero) is 1. The van der Waals surface area contributed by atoms with Crippen LogP contribution in [0, 0.1) is 0 Å². The number of halogens is 1. The lowest BCUT2D eigenvalue weighted by Gasteiger charge is -2.33. The Morgan fingerprint density at radius 2 is 1.92 bits per heavy atom. The Bertz CT molecular complexity index is 887. The topological polar surface area (TPSA) is 47.6 Å². The number of benzene rings is 1. The molecule has 0 unspecified atom stereocenters. The predicted molar refractivity (Wildman–Crippen MR) is 103 cm³/mol. The Hall–Kier alpha value is -1.79. The summed E-state index contributed by atoms with van der Waals surface area (Å²) in [6, 6.07) is 8.09. The van der Waals surface area contributed by atoms with Gasteiger partial charge in [-0.25, -0.2) is 0 Å². The van der Waals surface area contributed by atoms with E-state index in [4.69, 9.17) is 9.47 Å². The zero-order valence-corrected chi connectivity index (χ0v) is 16.4. The molecule has 4 nitrogen and oxygen atoms in total. The average molecular weight is 420 g/mol. The van der Waals surface area contributed by atoms with Gasteiger partial charge in [-0.1, -0.05) is 0 Å². The predicted octanol–water partition coefficient (Wildman–Crippen LogP) is 5.09. The second-order valence-corrected chi connectivity index (χ2v) is 8.66. The molecule has 0 spiro atoms. The van der Waals surface area contributed by atoms with Crippen molar-refractivity contribution in [3.63, 3.8) is 0 Å². The fourth-order valence-electron chi connectivity index (χ4n) is 3.67. The number of carbonyl (C=O) groups excluding carboxylic acids is 1. The van der Waals surface area contributed by atoms with Gasteiger partial charge in [0.15, 0.2) is 17.3 Å². The number of methoxy groups -OCH3 is 2. The van der Waals surface area contributed by atoms with Gasteiger partial charge in [-0.3, -0.25) is 4.79 Å². The third kappa shape index (κ3) is 2.77. The maximum Gasteiger partial charge on any atom is 0.162 e. The van der Waals surface area contributed by atoms with Crippen molar-refractivity contribution in [2.75, 3.05) is 19.5 Å². The Morgan fingerprint density at radius 3 is 2.60 bits per heavy atom. The zero-order valence-electron chi connectivity index (χ0n) is 14.0. The minimum Gasteiger partial charge on any atom is -0.493 e. The Morgan fingerprint density at radius 1 is 1.16 bits per heavy atom. The fraction of sp³-hybridized carbons (Fsp3) is 0.316. The highest BCUT2D eigenvalue weighted by Crippen LogP contribution is 2.50. The summed E-state index contributed by atoms with van der Waals surface area (Å²) in [6.07, 6.45) is 2.41. The number of ketones is 1. The molecule has 2 aromatic rings. The molecule has 0 fully saturated rings. The molecule has 0 radical (unpaired) electrons. The Balaban J connectivity index is 1.95. The molecule has 0 amide bonds. The number of fused-ring (bicyclic) bond motifs is 1. The molecule has 1 aliphatic heterocycles. The van der Waals surface area contributed by atoms with Crippen LogP contribution in [0.5, 0.6) is 11.5 Å². The van der Waals surface area contributed by atoms with Gasteiger partial charge in [0, 0.05) is 34.3 Å². The minimum absolute atomic E-state index is 0.0600. The van der Waals surface area contributed by atoms with Crippen molar-refractivity contribution < 1.29 is 14.3 Å². The first-order chi connectivity index (χ1) is 12.1. The molecule has 2 heterocycles. The van der Waals surface area contributed by atoms with E-state index >= 15 is 0 Å². The lowest BCUT2D eigenvalue weighted by molar-refractivity contribution is -0.116. The van der Waals surface area contributed by atoms with Crippen LogP contribution in [0.2, 0.25) is 0 Å². The number of rotatable bonds is 3. The highest BCUT2D eigenvalue weighted by atomic mass is 79.9. The van der Waals surface area contributed by atoms with Crippen molar-refractivity contribution in [2.45, 2.75) is 25.2 Å². The van der Waals surface area contributed by atoms with Crippen LogP contribution in [0.3, 0.4) is 0 Å².